The first-order valence-corrected chi connectivity index (χ1v) is 11.8. The van der Waals surface area contributed by atoms with E-state index in [0.29, 0.717) is 31.7 Å². The maximum absolute atomic E-state index is 12.9. The third-order valence-electron chi connectivity index (χ3n) is 5.51. The zero-order chi connectivity index (χ0) is 21.6. The summed E-state index contributed by atoms with van der Waals surface area (Å²) in [5, 5.41) is 2.98. The molecule has 0 saturated carbocycles. The molecule has 1 fully saturated rings. The van der Waals surface area contributed by atoms with Crippen LogP contribution in [0.25, 0.3) is 0 Å². The molecular formula is C23H30N2O4S. The number of rotatable bonds is 8. The van der Waals surface area contributed by atoms with Gasteiger partial charge in [0.15, 0.2) is 0 Å². The molecule has 1 aliphatic heterocycles. The Morgan fingerprint density at radius 2 is 1.83 bits per heavy atom. The number of amides is 1. The quantitative estimate of drug-likeness (QED) is 0.653. The van der Waals surface area contributed by atoms with Gasteiger partial charge in [-0.3, -0.25) is 4.79 Å². The van der Waals surface area contributed by atoms with E-state index in [9.17, 15) is 13.2 Å². The molecule has 2 aromatic rings. The van der Waals surface area contributed by atoms with Gasteiger partial charge >= 0.3 is 0 Å². The van der Waals surface area contributed by atoms with E-state index >= 15 is 0 Å². The van der Waals surface area contributed by atoms with Crippen molar-refractivity contribution < 1.29 is 17.9 Å². The summed E-state index contributed by atoms with van der Waals surface area (Å²) in [7, 11) is -2.08. The number of hydrogen-bond acceptors (Lipinski definition) is 4. The Morgan fingerprint density at radius 1 is 1.13 bits per heavy atom. The molecule has 1 N–H and O–H groups in total. The molecule has 1 heterocycles. The molecule has 0 spiro atoms. The van der Waals surface area contributed by atoms with Crippen molar-refractivity contribution in [2.75, 3.05) is 26.7 Å². The Hall–Kier alpha value is -2.38. The highest BCUT2D eigenvalue weighted by atomic mass is 32.2. The van der Waals surface area contributed by atoms with Crippen molar-refractivity contribution in [3.05, 3.63) is 59.7 Å². The van der Waals surface area contributed by atoms with Gasteiger partial charge in [-0.15, -0.1) is 0 Å². The third kappa shape index (κ3) is 5.61. The van der Waals surface area contributed by atoms with Crippen LogP contribution in [0.1, 0.15) is 30.4 Å². The fourth-order valence-electron chi connectivity index (χ4n) is 3.67. The van der Waals surface area contributed by atoms with Crippen LogP contribution >= 0.6 is 0 Å². The predicted octanol–water partition coefficient (Wildman–Crippen LogP) is 3.15. The SMILES string of the molecule is COc1ccc(S(=O)(=O)N2CCC[C@@H](C(=O)NCCCc3ccc(C)cc3)C2)cc1. The first kappa shape index (κ1) is 22.3. The molecule has 162 valence electrons. The lowest BCUT2D eigenvalue weighted by Crippen LogP contribution is -2.45. The van der Waals surface area contributed by atoms with Gasteiger partial charge in [0.05, 0.1) is 17.9 Å². The van der Waals surface area contributed by atoms with Gasteiger partial charge in [-0.2, -0.15) is 4.31 Å². The first-order valence-electron chi connectivity index (χ1n) is 10.4. The smallest absolute Gasteiger partial charge is 0.243 e. The molecule has 3 rings (SSSR count). The number of aryl methyl sites for hydroxylation is 2. The molecular weight excluding hydrogens is 400 g/mol. The lowest BCUT2D eigenvalue weighted by Gasteiger charge is -2.31. The van der Waals surface area contributed by atoms with Gasteiger partial charge in [0.25, 0.3) is 0 Å². The summed E-state index contributed by atoms with van der Waals surface area (Å²) in [5.41, 5.74) is 2.49. The van der Waals surface area contributed by atoms with E-state index in [0.717, 1.165) is 12.8 Å². The Morgan fingerprint density at radius 3 is 2.50 bits per heavy atom. The van der Waals surface area contributed by atoms with Crippen molar-refractivity contribution in [3.8, 4) is 5.75 Å². The Labute approximate surface area is 179 Å². The zero-order valence-corrected chi connectivity index (χ0v) is 18.5. The minimum Gasteiger partial charge on any atom is -0.497 e. The molecule has 6 nitrogen and oxygen atoms in total. The van der Waals surface area contributed by atoms with E-state index in [1.165, 1.54) is 22.5 Å². The Kier molecular flexibility index (Phi) is 7.50. The van der Waals surface area contributed by atoms with Crippen molar-refractivity contribution in [2.24, 2.45) is 5.92 Å². The van der Waals surface area contributed by atoms with Gasteiger partial charge in [0.1, 0.15) is 5.75 Å². The lowest BCUT2D eigenvalue weighted by molar-refractivity contribution is -0.126. The van der Waals surface area contributed by atoms with Gasteiger partial charge in [0, 0.05) is 19.6 Å². The number of carbonyl (C=O) groups is 1. The van der Waals surface area contributed by atoms with Gasteiger partial charge in [-0.1, -0.05) is 29.8 Å². The van der Waals surface area contributed by atoms with Crippen LogP contribution in [0, 0.1) is 12.8 Å². The summed E-state index contributed by atoms with van der Waals surface area (Å²) in [6.45, 7) is 3.31. The molecule has 0 bridgehead atoms. The minimum atomic E-state index is -3.62. The standard InChI is InChI=1S/C23H30N2O4S/c1-18-7-9-19(10-8-18)5-3-15-24-23(26)20-6-4-16-25(17-20)30(27,28)22-13-11-21(29-2)12-14-22/h7-14,20H,3-6,15-17H2,1-2H3,(H,24,26)/t20-/m1/s1. The summed E-state index contributed by atoms with van der Waals surface area (Å²) in [4.78, 5) is 12.8. The normalized spacial score (nSPS) is 17.5. The highest BCUT2D eigenvalue weighted by Crippen LogP contribution is 2.25. The number of piperidine rings is 1. The van der Waals surface area contributed by atoms with Crippen LogP contribution in [0.4, 0.5) is 0 Å². The number of sulfonamides is 1. The van der Waals surface area contributed by atoms with Crippen molar-refractivity contribution >= 4 is 15.9 Å². The van der Waals surface area contributed by atoms with Crippen LogP contribution in [0.5, 0.6) is 5.75 Å². The molecule has 2 aromatic carbocycles. The largest absolute Gasteiger partial charge is 0.497 e. The molecule has 0 aliphatic carbocycles. The molecule has 1 amide bonds. The highest BCUT2D eigenvalue weighted by Gasteiger charge is 2.33. The summed E-state index contributed by atoms with van der Waals surface area (Å²) in [5.74, 6) is 0.232. The van der Waals surface area contributed by atoms with E-state index in [-0.39, 0.29) is 23.3 Å². The fourth-order valence-corrected chi connectivity index (χ4v) is 5.20. The van der Waals surface area contributed by atoms with E-state index in [4.69, 9.17) is 4.74 Å². The maximum atomic E-state index is 12.9. The molecule has 0 aromatic heterocycles. The Bertz CT molecular complexity index is 940. The van der Waals surface area contributed by atoms with Crippen LogP contribution in [-0.4, -0.2) is 45.4 Å². The number of benzene rings is 2. The topological polar surface area (TPSA) is 75.7 Å². The van der Waals surface area contributed by atoms with Gasteiger partial charge < -0.3 is 10.1 Å². The fraction of sp³-hybridized carbons (Fsp3) is 0.435. The van der Waals surface area contributed by atoms with Gasteiger partial charge in [0.2, 0.25) is 15.9 Å². The number of nitrogens with one attached hydrogen (secondary N) is 1. The summed E-state index contributed by atoms with van der Waals surface area (Å²) < 4.78 is 32.4. The average Bonchev–Trinajstić information content (AvgIpc) is 2.78. The molecule has 0 unspecified atom stereocenters. The van der Waals surface area contributed by atoms with Crippen LogP contribution in [0.15, 0.2) is 53.4 Å². The summed E-state index contributed by atoms with van der Waals surface area (Å²) in [6.07, 6.45) is 3.15. The second-order valence-corrected chi connectivity index (χ2v) is 9.70. The second-order valence-electron chi connectivity index (χ2n) is 7.76. The summed E-state index contributed by atoms with van der Waals surface area (Å²) in [6, 6.07) is 14.8. The minimum absolute atomic E-state index is 0.0615. The molecule has 30 heavy (non-hydrogen) atoms. The van der Waals surface area contributed by atoms with Crippen molar-refractivity contribution in [3.63, 3.8) is 0 Å². The van der Waals surface area contributed by atoms with Crippen LogP contribution < -0.4 is 10.1 Å². The molecule has 1 aliphatic rings. The van der Waals surface area contributed by atoms with Crippen molar-refractivity contribution in [1.29, 1.82) is 0 Å². The molecule has 7 heteroatoms. The van der Waals surface area contributed by atoms with Crippen LogP contribution in [0.2, 0.25) is 0 Å². The lowest BCUT2D eigenvalue weighted by atomic mass is 9.99. The van der Waals surface area contributed by atoms with Gasteiger partial charge in [-0.05, 0) is 62.4 Å². The zero-order valence-electron chi connectivity index (χ0n) is 17.6. The number of nitrogens with zero attached hydrogens (tertiary/aromatic N) is 1. The van der Waals surface area contributed by atoms with E-state index in [1.807, 2.05) is 0 Å². The van der Waals surface area contributed by atoms with E-state index < -0.39 is 10.0 Å². The predicted molar refractivity (Wildman–Crippen MR) is 117 cm³/mol. The monoisotopic (exact) mass is 430 g/mol. The summed E-state index contributed by atoms with van der Waals surface area (Å²) >= 11 is 0. The number of ether oxygens (including phenoxy) is 1. The molecule has 1 saturated heterocycles. The first-order chi connectivity index (χ1) is 14.4. The van der Waals surface area contributed by atoms with Crippen LogP contribution in [-0.2, 0) is 21.2 Å². The Balaban J connectivity index is 1.51. The third-order valence-corrected chi connectivity index (χ3v) is 7.39. The number of methoxy groups -OCH3 is 1. The van der Waals surface area contributed by atoms with Crippen molar-refractivity contribution in [2.45, 2.75) is 37.5 Å². The molecule has 1 atom stereocenters. The van der Waals surface area contributed by atoms with Gasteiger partial charge in [-0.25, -0.2) is 8.42 Å². The van der Waals surface area contributed by atoms with Crippen LogP contribution in [0.3, 0.4) is 0 Å². The maximum Gasteiger partial charge on any atom is 0.243 e. The number of carbonyl (C=O) groups excluding carboxylic acids is 1. The number of hydrogen-bond donors (Lipinski definition) is 1. The van der Waals surface area contributed by atoms with Crippen molar-refractivity contribution in [1.82, 2.24) is 9.62 Å². The average molecular weight is 431 g/mol. The molecule has 0 radical (unpaired) electrons. The van der Waals surface area contributed by atoms with E-state index in [2.05, 4.69) is 36.5 Å². The second kappa shape index (κ2) is 10.1. The van der Waals surface area contributed by atoms with E-state index in [1.54, 1.807) is 24.3 Å². The highest BCUT2D eigenvalue weighted by molar-refractivity contribution is 7.89.